The minimum atomic E-state index is -1.02. The maximum Gasteiger partial charge on any atom is 0.337 e. The molecule has 0 aliphatic rings. The largest absolute Gasteiger partial charge is 0.478 e. The summed E-state index contributed by atoms with van der Waals surface area (Å²) in [4.78, 5) is 27.5. The van der Waals surface area contributed by atoms with Crippen molar-refractivity contribution in [1.82, 2.24) is 4.57 Å². The highest BCUT2D eigenvalue weighted by Crippen LogP contribution is 2.23. The molecule has 0 bridgehead atoms. The van der Waals surface area contributed by atoms with E-state index in [1.165, 1.54) is 12.1 Å². The number of nitrogens with zero attached hydrogens (tertiary/aromatic N) is 3. The highest BCUT2D eigenvalue weighted by molar-refractivity contribution is 6.05. The first-order chi connectivity index (χ1) is 13.5. The van der Waals surface area contributed by atoms with Crippen LogP contribution < -0.4 is 0 Å². The number of hydrogen-bond acceptors (Lipinski definition) is 5. The van der Waals surface area contributed by atoms with Gasteiger partial charge in [-0.3, -0.25) is 10.1 Å². The van der Waals surface area contributed by atoms with Gasteiger partial charge in [0.05, 0.1) is 17.0 Å². The topological polar surface area (TPSA) is 107 Å². The van der Waals surface area contributed by atoms with Gasteiger partial charge in [0.2, 0.25) is 0 Å². The number of oxime groups is 1. The number of non-ortho nitro benzene ring substituents is 1. The first-order valence-electron chi connectivity index (χ1n) is 8.76. The molecule has 0 aliphatic heterocycles. The lowest BCUT2D eigenvalue weighted by molar-refractivity contribution is -0.384. The van der Waals surface area contributed by atoms with Crippen LogP contribution in [0.2, 0.25) is 0 Å². The molecule has 0 unspecified atom stereocenters. The number of carboxylic acids is 1. The summed E-state index contributed by atoms with van der Waals surface area (Å²) in [6.45, 7) is 2.56. The van der Waals surface area contributed by atoms with Crippen LogP contribution in [-0.4, -0.2) is 32.9 Å². The van der Waals surface area contributed by atoms with Crippen LogP contribution >= 0.6 is 0 Å². The predicted molar refractivity (Wildman–Crippen MR) is 105 cm³/mol. The van der Waals surface area contributed by atoms with E-state index < -0.39 is 10.9 Å². The number of aromatic nitrogens is 1. The Bertz CT molecular complexity index is 1050. The van der Waals surface area contributed by atoms with Crippen molar-refractivity contribution < 1.29 is 19.7 Å². The van der Waals surface area contributed by atoms with Crippen molar-refractivity contribution in [1.29, 1.82) is 0 Å². The third-order valence-corrected chi connectivity index (χ3v) is 4.20. The Morgan fingerprint density at radius 2 is 2.04 bits per heavy atom. The van der Waals surface area contributed by atoms with Crippen LogP contribution in [0, 0.1) is 10.1 Å². The van der Waals surface area contributed by atoms with E-state index in [1.54, 1.807) is 35.0 Å². The summed E-state index contributed by atoms with van der Waals surface area (Å²) in [6.07, 6.45) is 2.31. The number of hydrogen-bond donors (Lipinski definition) is 1. The average molecular weight is 381 g/mol. The number of fused-ring (bicyclic) bond motifs is 1. The van der Waals surface area contributed by atoms with E-state index in [2.05, 4.69) is 5.16 Å². The summed E-state index contributed by atoms with van der Waals surface area (Å²) in [5.74, 6) is -1.02. The monoisotopic (exact) mass is 381 g/mol. The Morgan fingerprint density at radius 3 is 2.75 bits per heavy atom. The van der Waals surface area contributed by atoms with Gasteiger partial charge in [-0.15, -0.1) is 0 Å². The molecule has 8 nitrogen and oxygen atoms in total. The fourth-order valence-corrected chi connectivity index (χ4v) is 2.90. The highest BCUT2D eigenvalue weighted by atomic mass is 16.6. The van der Waals surface area contributed by atoms with Gasteiger partial charge in [-0.25, -0.2) is 4.79 Å². The molecule has 0 spiro atoms. The van der Waals surface area contributed by atoms with Gasteiger partial charge < -0.3 is 14.5 Å². The zero-order valence-corrected chi connectivity index (χ0v) is 15.2. The third-order valence-electron chi connectivity index (χ3n) is 4.20. The predicted octanol–water partition coefficient (Wildman–Crippen LogP) is 4.08. The van der Waals surface area contributed by atoms with Crippen molar-refractivity contribution >= 4 is 28.3 Å². The fraction of sp³-hybridized carbons (Fsp3) is 0.200. The zero-order valence-electron chi connectivity index (χ0n) is 15.2. The van der Waals surface area contributed by atoms with Crippen molar-refractivity contribution in [3.8, 4) is 0 Å². The van der Waals surface area contributed by atoms with Crippen molar-refractivity contribution in [3.63, 3.8) is 0 Å². The van der Waals surface area contributed by atoms with E-state index in [4.69, 9.17) is 4.84 Å². The summed E-state index contributed by atoms with van der Waals surface area (Å²) in [5, 5.41) is 25.4. The second-order valence-corrected chi connectivity index (χ2v) is 6.17. The summed E-state index contributed by atoms with van der Waals surface area (Å²) in [5.41, 5.74) is 1.87. The lowest BCUT2D eigenvalue weighted by atomic mass is 10.1. The molecule has 1 heterocycles. The Balaban J connectivity index is 2.05. The number of aromatic carboxylic acids is 1. The van der Waals surface area contributed by atoms with Gasteiger partial charge in [-0.2, -0.15) is 0 Å². The normalized spacial score (nSPS) is 11.5. The summed E-state index contributed by atoms with van der Waals surface area (Å²) in [7, 11) is 0. The van der Waals surface area contributed by atoms with Gasteiger partial charge >= 0.3 is 5.97 Å². The van der Waals surface area contributed by atoms with E-state index in [9.17, 15) is 20.0 Å². The number of nitro groups is 1. The molecule has 3 rings (SSSR count). The fourth-order valence-electron chi connectivity index (χ4n) is 2.90. The molecular weight excluding hydrogens is 362 g/mol. The molecule has 0 amide bonds. The summed E-state index contributed by atoms with van der Waals surface area (Å²) in [6, 6.07) is 13.3. The van der Waals surface area contributed by atoms with E-state index in [1.807, 2.05) is 19.1 Å². The third kappa shape index (κ3) is 4.01. The quantitative estimate of drug-likeness (QED) is 0.274. The van der Waals surface area contributed by atoms with Gasteiger partial charge in [0.25, 0.3) is 5.69 Å². The number of rotatable bonds is 8. The van der Waals surface area contributed by atoms with Crippen LogP contribution in [0.3, 0.4) is 0 Å². The molecule has 1 N–H and O–H groups in total. The second-order valence-electron chi connectivity index (χ2n) is 6.17. The number of carbonyl (C=O) groups is 1. The minimum Gasteiger partial charge on any atom is -0.478 e. The number of carboxylic acid groups (broad SMARTS) is 1. The van der Waals surface area contributed by atoms with Crippen LogP contribution in [-0.2, 0) is 11.4 Å². The van der Waals surface area contributed by atoms with E-state index in [-0.39, 0.29) is 17.8 Å². The van der Waals surface area contributed by atoms with E-state index >= 15 is 0 Å². The molecule has 0 radical (unpaired) electrons. The number of para-hydroxylation sites is 1. The molecule has 0 atom stereocenters. The number of benzene rings is 2. The zero-order chi connectivity index (χ0) is 20.1. The van der Waals surface area contributed by atoms with Gasteiger partial charge in [0.15, 0.2) is 0 Å². The molecule has 0 fully saturated rings. The lowest BCUT2D eigenvalue weighted by Gasteiger charge is -2.09. The molecule has 8 heteroatoms. The van der Waals surface area contributed by atoms with Gasteiger partial charge in [0, 0.05) is 34.8 Å². The Kier molecular flexibility index (Phi) is 5.69. The van der Waals surface area contributed by atoms with Crippen LogP contribution in [0.25, 0.3) is 10.9 Å². The van der Waals surface area contributed by atoms with Crippen molar-refractivity contribution in [3.05, 3.63) is 76.0 Å². The van der Waals surface area contributed by atoms with Crippen LogP contribution in [0.1, 0.15) is 29.3 Å². The standard InChI is InChI=1S/C20H19N3O5/c1-2-10-28-21-18(14-6-5-7-15(11-14)23(26)27)13-22-12-17(20(24)25)16-8-3-4-9-19(16)22/h3-9,11-12H,2,10,13H2,1H3,(H,24,25)/b21-18+. The minimum absolute atomic E-state index is 0.0516. The molecule has 1 aromatic heterocycles. The average Bonchev–Trinajstić information content (AvgIpc) is 3.06. The van der Waals surface area contributed by atoms with Crippen molar-refractivity contribution in [2.45, 2.75) is 19.9 Å². The van der Waals surface area contributed by atoms with Gasteiger partial charge in [-0.05, 0) is 12.5 Å². The van der Waals surface area contributed by atoms with Crippen molar-refractivity contribution in [2.24, 2.45) is 5.16 Å². The van der Waals surface area contributed by atoms with Crippen molar-refractivity contribution in [2.75, 3.05) is 6.61 Å². The molecule has 0 saturated heterocycles. The van der Waals surface area contributed by atoms with E-state index in [0.717, 1.165) is 11.9 Å². The Morgan fingerprint density at radius 1 is 1.25 bits per heavy atom. The molecule has 0 saturated carbocycles. The molecule has 0 aliphatic carbocycles. The maximum atomic E-state index is 11.6. The van der Waals surface area contributed by atoms with Gasteiger partial charge in [0.1, 0.15) is 12.3 Å². The van der Waals surface area contributed by atoms with Crippen LogP contribution in [0.5, 0.6) is 0 Å². The molecular formula is C20H19N3O5. The van der Waals surface area contributed by atoms with E-state index in [0.29, 0.717) is 23.3 Å². The molecule has 2 aromatic carbocycles. The SMILES string of the molecule is CCCO/N=C(\Cn1cc(C(=O)O)c2ccccc21)c1cccc([N+](=O)[O-])c1. The smallest absolute Gasteiger partial charge is 0.337 e. The summed E-state index contributed by atoms with van der Waals surface area (Å²) >= 11 is 0. The van der Waals surface area contributed by atoms with Crippen LogP contribution in [0.15, 0.2) is 59.9 Å². The second kappa shape index (κ2) is 8.34. The first-order valence-corrected chi connectivity index (χ1v) is 8.76. The molecule has 144 valence electrons. The Labute approximate surface area is 160 Å². The highest BCUT2D eigenvalue weighted by Gasteiger charge is 2.17. The number of nitro benzene ring substituents is 1. The molecule has 3 aromatic rings. The van der Waals surface area contributed by atoms with Gasteiger partial charge in [-0.1, -0.05) is 42.4 Å². The molecule has 28 heavy (non-hydrogen) atoms. The van der Waals surface area contributed by atoms with Crippen LogP contribution in [0.4, 0.5) is 5.69 Å². The lowest BCUT2D eigenvalue weighted by Crippen LogP contribution is -2.12. The first kappa shape index (κ1) is 19.1. The Hall–Kier alpha value is -3.68. The maximum absolute atomic E-state index is 11.6. The summed E-state index contributed by atoms with van der Waals surface area (Å²) < 4.78 is 1.76.